The quantitative estimate of drug-likeness (QED) is 0.646. The second-order valence-corrected chi connectivity index (χ2v) is 7.82. The third-order valence-corrected chi connectivity index (χ3v) is 6.28. The Labute approximate surface area is 162 Å². The first-order chi connectivity index (χ1) is 13.4. The molecule has 1 heterocycles. The van der Waals surface area contributed by atoms with Crippen molar-refractivity contribution in [2.75, 3.05) is 0 Å². The van der Waals surface area contributed by atoms with Crippen LogP contribution >= 0.6 is 0 Å². The average Bonchev–Trinajstić information content (AvgIpc) is 2.68. The van der Waals surface area contributed by atoms with Gasteiger partial charge in [-0.2, -0.15) is 18.4 Å². The Morgan fingerprint density at radius 1 is 0.964 bits per heavy atom. The first kappa shape index (κ1) is 18.7. The zero-order chi connectivity index (χ0) is 19.8. The number of alkyl halides is 3. The molecule has 1 saturated carbocycles. The first-order valence-electron chi connectivity index (χ1n) is 9.60. The standard InChI is InChI=1S/C23H21F3N2/c24-23(25,26)16-22-13-7-6-12-21(22,14-15-27)19-11-5-4-10-18(19)20(28-22)17-8-2-1-3-9-17/h1-5,8-11H,6-7,12-14,16H2/t21-,22-/m1/s1. The molecule has 2 atom stereocenters. The molecule has 0 radical (unpaired) electrons. The Morgan fingerprint density at radius 2 is 1.64 bits per heavy atom. The molecule has 0 N–H and O–H groups in total. The normalized spacial score (nSPS) is 26.6. The summed E-state index contributed by atoms with van der Waals surface area (Å²) in [6.07, 6.45) is -2.89. The van der Waals surface area contributed by atoms with Gasteiger partial charge in [-0.25, -0.2) is 0 Å². The van der Waals surface area contributed by atoms with Gasteiger partial charge in [0.2, 0.25) is 0 Å². The fourth-order valence-electron chi connectivity index (χ4n) is 5.17. The average molecular weight is 382 g/mol. The number of halogens is 3. The van der Waals surface area contributed by atoms with Crippen LogP contribution in [0.1, 0.15) is 55.2 Å². The molecule has 5 heteroatoms. The largest absolute Gasteiger partial charge is 0.391 e. The first-order valence-corrected chi connectivity index (χ1v) is 9.60. The molecule has 2 aromatic rings. The van der Waals surface area contributed by atoms with Gasteiger partial charge in [-0.05, 0) is 18.4 Å². The van der Waals surface area contributed by atoms with Gasteiger partial charge in [0, 0.05) is 23.0 Å². The minimum absolute atomic E-state index is 0.0473. The van der Waals surface area contributed by atoms with Crippen molar-refractivity contribution in [3.63, 3.8) is 0 Å². The van der Waals surface area contributed by atoms with Crippen LogP contribution in [0.15, 0.2) is 59.6 Å². The summed E-state index contributed by atoms with van der Waals surface area (Å²) in [4.78, 5) is 4.87. The third-order valence-electron chi connectivity index (χ3n) is 6.28. The zero-order valence-electron chi connectivity index (χ0n) is 15.5. The van der Waals surface area contributed by atoms with Gasteiger partial charge in [-0.1, -0.05) is 67.4 Å². The van der Waals surface area contributed by atoms with Crippen LogP contribution < -0.4 is 0 Å². The minimum Gasteiger partial charge on any atom is -0.276 e. The molecule has 0 bridgehead atoms. The number of hydrogen-bond donors (Lipinski definition) is 0. The topological polar surface area (TPSA) is 36.1 Å². The molecule has 0 amide bonds. The molecule has 144 valence electrons. The lowest BCUT2D eigenvalue weighted by atomic mass is 9.53. The molecule has 1 fully saturated rings. The van der Waals surface area contributed by atoms with Crippen molar-refractivity contribution < 1.29 is 13.2 Å². The van der Waals surface area contributed by atoms with Crippen LogP contribution in [0.25, 0.3) is 0 Å². The molecule has 28 heavy (non-hydrogen) atoms. The van der Waals surface area contributed by atoms with Crippen molar-refractivity contribution in [1.29, 1.82) is 5.26 Å². The van der Waals surface area contributed by atoms with Gasteiger partial charge in [0.25, 0.3) is 0 Å². The van der Waals surface area contributed by atoms with E-state index in [9.17, 15) is 18.4 Å². The molecule has 2 aliphatic rings. The second-order valence-electron chi connectivity index (χ2n) is 7.82. The van der Waals surface area contributed by atoms with Crippen LogP contribution in [0.5, 0.6) is 0 Å². The molecule has 1 aliphatic carbocycles. The lowest BCUT2D eigenvalue weighted by Crippen LogP contribution is -2.57. The fraction of sp³-hybridized carbons (Fsp3) is 0.391. The predicted molar refractivity (Wildman–Crippen MR) is 102 cm³/mol. The summed E-state index contributed by atoms with van der Waals surface area (Å²) in [5.74, 6) is 0. The van der Waals surface area contributed by atoms with E-state index in [4.69, 9.17) is 4.99 Å². The van der Waals surface area contributed by atoms with E-state index in [-0.39, 0.29) is 6.42 Å². The van der Waals surface area contributed by atoms with E-state index in [1.165, 1.54) is 0 Å². The Bertz CT molecular complexity index is 942. The number of nitriles is 1. The fourth-order valence-corrected chi connectivity index (χ4v) is 5.17. The second kappa shape index (κ2) is 6.77. The van der Waals surface area contributed by atoms with Crippen molar-refractivity contribution >= 4 is 5.71 Å². The number of benzene rings is 2. The van der Waals surface area contributed by atoms with E-state index in [2.05, 4.69) is 6.07 Å². The number of rotatable bonds is 3. The van der Waals surface area contributed by atoms with E-state index in [1.807, 2.05) is 54.6 Å². The van der Waals surface area contributed by atoms with E-state index >= 15 is 0 Å². The monoisotopic (exact) mass is 382 g/mol. The van der Waals surface area contributed by atoms with Gasteiger partial charge >= 0.3 is 6.18 Å². The summed E-state index contributed by atoms with van der Waals surface area (Å²) in [7, 11) is 0. The molecule has 1 aliphatic heterocycles. The van der Waals surface area contributed by atoms with Crippen LogP contribution in [0.4, 0.5) is 13.2 Å². The molecule has 0 unspecified atom stereocenters. The van der Waals surface area contributed by atoms with Crippen LogP contribution in [0, 0.1) is 11.3 Å². The number of fused-ring (bicyclic) bond motifs is 3. The summed E-state index contributed by atoms with van der Waals surface area (Å²) in [5.41, 5.74) is 0.880. The van der Waals surface area contributed by atoms with Gasteiger partial charge in [-0.3, -0.25) is 4.99 Å². The Morgan fingerprint density at radius 3 is 2.36 bits per heavy atom. The highest BCUT2D eigenvalue weighted by Gasteiger charge is 2.60. The Kier molecular flexibility index (Phi) is 4.53. The van der Waals surface area contributed by atoms with Crippen molar-refractivity contribution in [2.24, 2.45) is 4.99 Å². The van der Waals surface area contributed by atoms with Crippen molar-refractivity contribution in [3.05, 3.63) is 71.3 Å². The molecule has 0 spiro atoms. The van der Waals surface area contributed by atoms with Crippen LogP contribution in [0.3, 0.4) is 0 Å². The summed E-state index contributed by atoms with van der Waals surface area (Å²) < 4.78 is 41.3. The van der Waals surface area contributed by atoms with Crippen LogP contribution in [-0.2, 0) is 5.41 Å². The molecule has 0 saturated heterocycles. The maximum atomic E-state index is 13.8. The highest BCUT2D eigenvalue weighted by Crippen LogP contribution is 2.58. The van der Waals surface area contributed by atoms with Crippen LogP contribution in [-0.4, -0.2) is 17.4 Å². The molecular weight excluding hydrogens is 361 g/mol. The maximum Gasteiger partial charge on any atom is 0.391 e. The summed E-state index contributed by atoms with van der Waals surface area (Å²) in [6.45, 7) is 0. The van der Waals surface area contributed by atoms with Gasteiger partial charge in [0.15, 0.2) is 0 Å². The van der Waals surface area contributed by atoms with Gasteiger partial charge < -0.3 is 0 Å². The van der Waals surface area contributed by atoms with E-state index in [0.717, 1.165) is 23.1 Å². The van der Waals surface area contributed by atoms with E-state index in [1.54, 1.807) is 0 Å². The van der Waals surface area contributed by atoms with Crippen LogP contribution in [0.2, 0.25) is 0 Å². The third kappa shape index (κ3) is 2.92. The molecular formula is C23H21F3N2. The van der Waals surface area contributed by atoms with Gasteiger partial charge in [-0.15, -0.1) is 0 Å². The summed E-state index contributed by atoms with van der Waals surface area (Å²) in [6, 6.07) is 19.2. The zero-order valence-corrected chi connectivity index (χ0v) is 15.5. The lowest BCUT2D eigenvalue weighted by Gasteiger charge is -2.54. The Balaban J connectivity index is 2.03. The molecule has 2 nitrogen and oxygen atoms in total. The SMILES string of the molecule is N#CC[C@@]12CCCC[C@]1(CC(F)(F)F)N=C(c1ccccc1)c1ccccc12. The van der Waals surface area contributed by atoms with E-state index in [0.29, 0.717) is 25.0 Å². The Hall–Kier alpha value is -2.61. The molecule has 2 aromatic carbocycles. The highest BCUT2D eigenvalue weighted by molar-refractivity contribution is 6.15. The number of nitrogens with zero attached hydrogens (tertiary/aromatic N) is 2. The van der Waals surface area contributed by atoms with Crippen molar-refractivity contribution in [3.8, 4) is 6.07 Å². The van der Waals surface area contributed by atoms with Crippen molar-refractivity contribution in [2.45, 2.75) is 55.7 Å². The maximum absolute atomic E-state index is 13.8. The lowest BCUT2D eigenvalue weighted by molar-refractivity contribution is -0.157. The minimum atomic E-state index is -4.35. The molecule has 4 rings (SSSR count). The van der Waals surface area contributed by atoms with Gasteiger partial charge in [0.05, 0.1) is 23.7 Å². The molecule has 0 aromatic heterocycles. The van der Waals surface area contributed by atoms with E-state index < -0.39 is 23.6 Å². The van der Waals surface area contributed by atoms with Crippen molar-refractivity contribution in [1.82, 2.24) is 0 Å². The summed E-state index contributed by atoms with van der Waals surface area (Å²) in [5, 5.41) is 9.59. The summed E-state index contributed by atoms with van der Waals surface area (Å²) >= 11 is 0. The predicted octanol–water partition coefficient (Wildman–Crippen LogP) is 5.95. The number of aliphatic imine (C=N–C) groups is 1. The number of hydrogen-bond acceptors (Lipinski definition) is 2. The smallest absolute Gasteiger partial charge is 0.276 e. The van der Waals surface area contributed by atoms with Gasteiger partial charge in [0.1, 0.15) is 0 Å². The highest BCUT2D eigenvalue weighted by atomic mass is 19.4.